The third-order valence-electron chi connectivity index (χ3n) is 2.72. The van der Waals surface area contributed by atoms with Crippen molar-refractivity contribution in [2.24, 2.45) is 0 Å². The summed E-state index contributed by atoms with van der Waals surface area (Å²) >= 11 is 0. The van der Waals surface area contributed by atoms with Gasteiger partial charge >= 0.3 is 0 Å². The summed E-state index contributed by atoms with van der Waals surface area (Å²) in [5, 5.41) is 6.68. The normalized spacial score (nSPS) is 11.7. The van der Waals surface area contributed by atoms with Gasteiger partial charge in [0.15, 0.2) is 5.76 Å². The molecule has 0 spiro atoms. The number of nitrogens with zero attached hydrogens (tertiary/aromatic N) is 1. The molecule has 2 aromatic rings. The van der Waals surface area contributed by atoms with E-state index in [0.717, 1.165) is 12.1 Å². The van der Waals surface area contributed by atoms with E-state index in [1.807, 2.05) is 13.0 Å². The van der Waals surface area contributed by atoms with E-state index in [1.165, 1.54) is 6.20 Å². The lowest BCUT2D eigenvalue weighted by molar-refractivity contribution is 0.380. The SMILES string of the molecule is CCNCc1cccc(S(=O)(=O)NCc2ccno2)c1. The van der Waals surface area contributed by atoms with Crippen molar-refractivity contribution in [2.75, 3.05) is 6.54 Å². The van der Waals surface area contributed by atoms with Crippen molar-refractivity contribution in [1.29, 1.82) is 0 Å². The maximum Gasteiger partial charge on any atom is 0.240 e. The fourth-order valence-electron chi connectivity index (χ4n) is 1.67. The van der Waals surface area contributed by atoms with Gasteiger partial charge in [-0.25, -0.2) is 13.1 Å². The van der Waals surface area contributed by atoms with Crippen LogP contribution in [0.15, 0.2) is 45.9 Å². The summed E-state index contributed by atoms with van der Waals surface area (Å²) in [5.41, 5.74) is 0.925. The highest BCUT2D eigenvalue weighted by molar-refractivity contribution is 7.89. The first-order valence-corrected chi connectivity index (χ1v) is 7.79. The number of hydrogen-bond donors (Lipinski definition) is 2. The standard InChI is InChI=1S/C13H17N3O3S/c1-2-14-9-11-4-3-5-13(8-11)20(17,18)16-10-12-6-7-15-19-12/h3-8,14,16H,2,9-10H2,1H3. The number of hydrogen-bond acceptors (Lipinski definition) is 5. The Morgan fingerprint density at radius 1 is 1.25 bits per heavy atom. The highest BCUT2D eigenvalue weighted by atomic mass is 32.2. The van der Waals surface area contributed by atoms with Crippen LogP contribution in [0.1, 0.15) is 18.2 Å². The predicted octanol–water partition coefficient (Wildman–Crippen LogP) is 1.26. The van der Waals surface area contributed by atoms with Crippen molar-refractivity contribution in [2.45, 2.75) is 24.9 Å². The summed E-state index contributed by atoms with van der Waals surface area (Å²) in [6, 6.07) is 8.46. The second-order valence-electron chi connectivity index (χ2n) is 4.23. The minimum absolute atomic E-state index is 0.0831. The summed E-state index contributed by atoms with van der Waals surface area (Å²) in [7, 11) is -3.55. The molecule has 108 valence electrons. The molecule has 0 amide bonds. The van der Waals surface area contributed by atoms with Gasteiger partial charge in [0, 0.05) is 12.6 Å². The van der Waals surface area contributed by atoms with Crippen molar-refractivity contribution in [1.82, 2.24) is 15.2 Å². The van der Waals surface area contributed by atoms with E-state index >= 15 is 0 Å². The molecular weight excluding hydrogens is 278 g/mol. The van der Waals surface area contributed by atoms with E-state index in [9.17, 15) is 8.42 Å². The summed E-state index contributed by atoms with van der Waals surface area (Å²) < 4.78 is 31.7. The third-order valence-corrected chi connectivity index (χ3v) is 4.11. The lowest BCUT2D eigenvalue weighted by Crippen LogP contribution is -2.23. The highest BCUT2D eigenvalue weighted by Gasteiger charge is 2.14. The maximum absolute atomic E-state index is 12.2. The van der Waals surface area contributed by atoms with Gasteiger partial charge in [-0.05, 0) is 24.2 Å². The number of nitrogens with one attached hydrogen (secondary N) is 2. The molecule has 0 aliphatic heterocycles. The first-order chi connectivity index (χ1) is 9.62. The Hall–Kier alpha value is -1.70. The molecule has 7 heteroatoms. The Bertz CT molecular complexity index is 639. The van der Waals surface area contributed by atoms with E-state index in [-0.39, 0.29) is 11.4 Å². The lowest BCUT2D eigenvalue weighted by Gasteiger charge is -2.07. The fourth-order valence-corrected chi connectivity index (χ4v) is 2.74. The molecule has 20 heavy (non-hydrogen) atoms. The Morgan fingerprint density at radius 3 is 2.80 bits per heavy atom. The van der Waals surface area contributed by atoms with Gasteiger partial charge in [0.1, 0.15) is 0 Å². The number of benzene rings is 1. The third kappa shape index (κ3) is 3.89. The van der Waals surface area contributed by atoms with Gasteiger partial charge in [-0.15, -0.1) is 0 Å². The highest BCUT2D eigenvalue weighted by Crippen LogP contribution is 2.12. The molecule has 0 aliphatic carbocycles. The average Bonchev–Trinajstić information content (AvgIpc) is 2.97. The van der Waals surface area contributed by atoms with Crippen LogP contribution in [0.25, 0.3) is 0 Å². The van der Waals surface area contributed by atoms with Crippen LogP contribution in [0, 0.1) is 0 Å². The average molecular weight is 295 g/mol. The zero-order valence-corrected chi connectivity index (χ0v) is 12.0. The van der Waals surface area contributed by atoms with Crippen LogP contribution in [-0.4, -0.2) is 20.1 Å². The van der Waals surface area contributed by atoms with Crippen molar-refractivity contribution in [3.05, 3.63) is 47.9 Å². The van der Waals surface area contributed by atoms with Crippen LogP contribution < -0.4 is 10.0 Å². The van der Waals surface area contributed by atoms with Gasteiger partial charge in [-0.2, -0.15) is 0 Å². The molecule has 0 bridgehead atoms. The van der Waals surface area contributed by atoms with Crippen LogP contribution in [0.3, 0.4) is 0 Å². The first-order valence-electron chi connectivity index (χ1n) is 6.30. The summed E-state index contributed by atoms with van der Waals surface area (Å²) in [5.74, 6) is 0.470. The maximum atomic E-state index is 12.2. The van der Waals surface area contributed by atoms with Crippen molar-refractivity contribution >= 4 is 10.0 Å². The Labute approximate surface area is 118 Å². The molecule has 0 radical (unpaired) electrons. The van der Waals surface area contributed by atoms with Gasteiger partial charge in [-0.1, -0.05) is 24.2 Å². The molecule has 0 saturated carbocycles. The second-order valence-corrected chi connectivity index (χ2v) is 6.00. The van der Waals surface area contributed by atoms with Crippen LogP contribution >= 0.6 is 0 Å². The van der Waals surface area contributed by atoms with Gasteiger partial charge in [0.05, 0.1) is 17.6 Å². The van der Waals surface area contributed by atoms with Crippen molar-refractivity contribution < 1.29 is 12.9 Å². The Kier molecular flexibility index (Phi) is 4.89. The molecule has 1 aromatic carbocycles. The van der Waals surface area contributed by atoms with Crippen LogP contribution in [0.5, 0.6) is 0 Å². The number of rotatable bonds is 7. The molecule has 0 fully saturated rings. The molecule has 0 atom stereocenters. The second kappa shape index (κ2) is 6.65. The number of sulfonamides is 1. The quantitative estimate of drug-likeness (QED) is 0.803. The van der Waals surface area contributed by atoms with Gasteiger partial charge in [0.2, 0.25) is 10.0 Å². The topological polar surface area (TPSA) is 84.2 Å². The molecule has 0 saturated heterocycles. The molecule has 2 rings (SSSR count). The largest absolute Gasteiger partial charge is 0.360 e. The van der Waals surface area contributed by atoms with E-state index in [2.05, 4.69) is 15.2 Å². The molecule has 6 nitrogen and oxygen atoms in total. The number of aromatic nitrogens is 1. The minimum Gasteiger partial charge on any atom is -0.360 e. The van der Waals surface area contributed by atoms with Crippen LogP contribution in [0.2, 0.25) is 0 Å². The summed E-state index contributed by atoms with van der Waals surface area (Å²) in [6.07, 6.45) is 1.47. The predicted molar refractivity (Wildman–Crippen MR) is 74.4 cm³/mol. The summed E-state index contributed by atoms with van der Waals surface area (Å²) in [6.45, 7) is 3.56. The molecule has 1 aromatic heterocycles. The van der Waals surface area contributed by atoms with E-state index < -0.39 is 10.0 Å². The molecule has 1 heterocycles. The van der Waals surface area contributed by atoms with E-state index in [4.69, 9.17) is 4.52 Å². The smallest absolute Gasteiger partial charge is 0.240 e. The van der Waals surface area contributed by atoms with Crippen LogP contribution in [0.4, 0.5) is 0 Å². The zero-order valence-electron chi connectivity index (χ0n) is 11.2. The summed E-state index contributed by atoms with van der Waals surface area (Å²) in [4.78, 5) is 0.243. The van der Waals surface area contributed by atoms with Gasteiger partial charge < -0.3 is 9.84 Å². The lowest BCUT2D eigenvalue weighted by atomic mass is 10.2. The van der Waals surface area contributed by atoms with Crippen molar-refractivity contribution in [3.63, 3.8) is 0 Å². The molecule has 0 aliphatic rings. The molecule has 0 unspecified atom stereocenters. The Morgan fingerprint density at radius 2 is 2.10 bits per heavy atom. The van der Waals surface area contributed by atoms with Gasteiger partial charge in [0.25, 0.3) is 0 Å². The first kappa shape index (κ1) is 14.7. The zero-order chi connectivity index (χ0) is 14.4. The molecular formula is C13H17N3O3S. The van der Waals surface area contributed by atoms with E-state index in [0.29, 0.717) is 12.3 Å². The molecule has 2 N–H and O–H groups in total. The van der Waals surface area contributed by atoms with Gasteiger partial charge in [-0.3, -0.25) is 0 Å². The van der Waals surface area contributed by atoms with Crippen LogP contribution in [-0.2, 0) is 23.1 Å². The minimum atomic E-state index is -3.55. The fraction of sp³-hybridized carbons (Fsp3) is 0.308. The monoisotopic (exact) mass is 295 g/mol. The van der Waals surface area contributed by atoms with Crippen molar-refractivity contribution in [3.8, 4) is 0 Å². The van der Waals surface area contributed by atoms with E-state index in [1.54, 1.807) is 24.3 Å². The Balaban J connectivity index is 2.08.